The molecule has 0 saturated carbocycles. The molecule has 3 rings (SSSR count). The van der Waals surface area contributed by atoms with Crippen LogP contribution in [0.3, 0.4) is 0 Å². The van der Waals surface area contributed by atoms with E-state index in [0.29, 0.717) is 11.4 Å². The molecule has 1 aliphatic carbocycles. The van der Waals surface area contributed by atoms with Crippen molar-refractivity contribution in [2.45, 2.75) is 13.3 Å². The van der Waals surface area contributed by atoms with Crippen molar-refractivity contribution < 1.29 is 4.79 Å². The maximum Gasteiger partial charge on any atom is 0.167 e. The van der Waals surface area contributed by atoms with Crippen molar-refractivity contribution >= 4 is 22.5 Å². The number of fused-ring (bicyclic) bond motifs is 1. The summed E-state index contributed by atoms with van der Waals surface area (Å²) >= 11 is 0. The van der Waals surface area contributed by atoms with Crippen LogP contribution in [0.2, 0.25) is 0 Å². The fourth-order valence-electron chi connectivity index (χ4n) is 2.32. The first-order valence-corrected chi connectivity index (χ1v) is 7.02. The Hall–Kier alpha value is -2.62. The number of benzene rings is 1. The molecule has 0 amide bonds. The van der Waals surface area contributed by atoms with Crippen molar-refractivity contribution in [3.8, 4) is 0 Å². The topological polar surface area (TPSA) is 54.0 Å². The number of carbonyl (C=O) groups is 1. The van der Waals surface area contributed by atoms with Gasteiger partial charge in [0.05, 0.1) is 5.52 Å². The number of allylic oxidation sites excluding steroid dienone is 3. The second kappa shape index (κ2) is 5.79. The highest BCUT2D eigenvalue weighted by Crippen LogP contribution is 2.18. The molecule has 4 heteroatoms. The number of nitrogens with one attached hydrogen (secondary N) is 2. The zero-order valence-corrected chi connectivity index (χ0v) is 11.8. The molecule has 1 aromatic heterocycles. The Morgan fingerprint density at radius 2 is 2.10 bits per heavy atom. The predicted molar refractivity (Wildman–Crippen MR) is 84.5 cm³/mol. The van der Waals surface area contributed by atoms with Gasteiger partial charge in [-0.25, -0.2) is 4.98 Å². The number of Topliss-reactive ketones (excluding diaryl/α,β-unsaturated/α-hetero) is 1. The molecule has 1 aliphatic rings. The summed E-state index contributed by atoms with van der Waals surface area (Å²) in [6.45, 7) is 1.94. The summed E-state index contributed by atoms with van der Waals surface area (Å²) in [7, 11) is 0. The van der Waals surface area contributed by atoms with Crippen LogP contribution >= 0.6 is 0 Å². The Labute approximate surface area is 123 Å². The average molecular weight is 279 g/mol. The summed E-state index contributed by atoms with van der Waals surface area (Å²) in [6.07, 6.45) is 6.37. The molecule has 1 heterocycles. The van der Waals surface area contributed by atoms with Gasteiger partial charge in [-0.05, 0) is 24.6 Å². The second-order valence-electron chi connectivity index (χ2n) is 5.16. The van der Waals surface area contributed by atoms with Crippen LogP contribution in [0.4, 0.5) is 5.82 Å². The van der Waals surface area contributed by atoms with Gasteiger partial charge >= 0.3 is 0 Å². The Bertz CT molecular complexity index is 734. The molecule has 21 heavy (non-hydrogen) atoms. The van der Waals surface area contributed by atoms with E-state index in [9.17, 15) is 4.79 Å². The largest absolute Gasteiger partial charge is 0.306 e. The molecule has 106 valence electrons. The van der Waals surface area contributed by atoms with E-state index in [-0.39, 0.29) is 11.7 Å². The Morgan fingerprint density at radius 3 is 3.00 bits per heavy atom. The molecule has 4 nitrogen and oxygen atoms in total. The lowest BCUT2D eigenvalue weighted by atomic mass is 9.91. The van der Waals surface area contributed by atoms with Crippen LogP contribution in [-0.4, -0.2) is 10.8 Å². The predicted octanol–water partition coefficient (Wildman–Crippen LogP) is 3.20. The van der Waals surface area contributed by atoms with Crippen LogP contribution < -0.4 is 10.9 Å². The van der Waals surface area contributed by atoms with Crippen molar-refractivity contribution in [2.24, 2.45) is 5.92 Å². The lowest BCUT2D eigenvalue weighted by Crippen LogP contribution is -2.21. The van der Waals surface area contributed by atoms with Gasteiger partial charge in [-0.1, -0.05) is 37.3 Å². The van der Waals surface area contributed by atoms with Crippen molar-refractivity contribution in [1.29, 1.82) is 0 Å². The number of anilines is 1. The second-order valence-corrected chi connectivity index (χ2v) is 5.16. The van der Waals surface area contributed by atoms with E-state index < -0.39 is 0 Å². The SMILES string of the molecule is CC1CC=CC(=CNNc2ccc3ccccc3n2)C1=O. The number of hydrazine groups is 1. The minimum absolute atomic E-state index is 0.0573. The maximum absolute atomic E-state index is 11.9. The van der Waals surface area contributed by atoms with Gasteiger partial charge in [0, 0.05) is 23.1 Å². The van der Waals surface area contributed by atoms with Crippen LogP contribution in [0.1, 0.15) is 13.3 Å². The molecule has 0 fully saturated rings. The van der Waals surface area contributed by atoms with Crippen molar-refractivity contribution in [2.75, 3.05) is 5.43 Å². The van der Waals surface area contributed by atoms with E-state index in [2.05, 4.69) is 15.8 Å². The molecule has 1 atom stereocenters. The van der Waals surface area contributed by atoms with E-state index in [1.165, 1.54) is 0 Å². The van der Waals surface area contributed by atoms with Gasteiger partial charge in [0.2, 0.25) is 0 Å². The van der Waals surface area contributed by atoms with Crippen LogP contribution in [0.5, 0.6) is 0 Å². The van der Waals surface area contributed by atoms with Crippen LogP contribution in [-0.2, 0) is 4.79 Å². The quantitative estimate of drug-likeness (QED) is 0.669. The summed E-state index contributed by atoms with van der Waals surface area (Å²) in [5.41, 5.74) is 7.55. The van der Waals surface area contributed by atoms with E-state index in [4.69, 9.17) is 0 Å². The van der Waals surface area contributed by atoms with Gasteiger partial charge in [0.15, 0.2) is 5.78 Å². The summed E-state index contributed by atoms with van der Waals surface area (Å²) in [5, 5.41) is 1.10. The number of pyridine rings is 1. The van der Waals surface area contributed by atoms with Crippen LogP contribution in [0.15, 0.2) is 60.3 Å². The highest BCUT2D eigenvalue weighted by Gasteiger charge is 2.18. The third kappa shape index (κ3) is 2.94. The number of nitrogens with zero attached hydrogens (tertiary/aromatic N) is 1. The van der Waals surface area contributed by atoms with Gasteiger partial charge in [-0.2, -0.15) is 0 Å². The van der Waals surface area contributed by atoms with Crippen molar-refractivity contribution in [3.63, 3.8) is 0 Å². The molecule has 0 bridgehead atoms. The Morgan fingerprint density at radius 1 is 1.24 bits per heavy atom. The standard InChI is InChI=1S/C17H17N3O/c1-12-5-4-7-14(17(12)21)11-18-20-16-10-9-13-6-2-3-8-15(13)19-16/h2-4,6-12,18H,5H2,1H3,(H,19,20). The first-order chi connectivity index (χ1) is 10.2. The van der Waals surface area contributed by atoms with Gasteiger partial charge in [-0.3, -0.25) is 10.2 Å². The third-order valence-corrected chi connectivity index (χ3v) is 3.55. The Balaban J connectivity index is 1.70. The number of carbonyl (C=O) groups excluding carboxylic acids is 1. The van der Waals surface area contributed by atoms with Gasteiger partial charge in [0.1, 0.15) is 5.82 Å². The first-order valence-electron chi connectivity index (χ1n) is 7.02. The van der Waals surface area contributed by atoms with Gasteiger partial charge in [0.25, 0.3) is 0 Å². The third-order valence-electron chi connectivity index (χ3n) is 3.55. The molecule has 2 N–H and O–H groups in total. The molecular formula is C17H17N3O. The lowest BCUT2D eigenvalue weighted by molar-refractivity contribution is -0.118. The smallest absolute Gasteiger partial charge is 0.167 e. The van der Waals surface area contributed by atoms with E-state index in [1.807, 2.05) is 55.5 Å². The lowest BCUT2D eigenvalue weighted by Gasteiger charge is -2.14. The number of hydrogen-bond acceptors (Lipinski definition) is 4. The molecule has 0 radical (unpaired) electrons. The highest BCUT2D eigenvalue weighted by molar-refractivity contribution is 6.00. The normalized spacial score (nSPS) is 20.0. The fourth-order valence-corrected chi connectivity index (χ4v) is 2.32. The molecule has 2 aromatic rings. The molecule has 0 aliphatic heterocycles. The van der Waals surface area contributed by atoms with E-state index >= 15 is 0 Å². The number of aromatic nitrogens is 1. The minimum Gasteiger partial charge on any atom is -0.306 e. The van der Waals surface area contributed by atoms with Gasteiger partial charge < -0.3 is 5.43 Å². The molecule has 0 saturated heterocycles. The number of para-hydroxylation sites is 1. The van der Waals surface area contributed by atoms with E-state index in [1.54, 1.807) is 6.20 Å². The molecule has 0 spiro atoms. The first kappa shape index (κ1) is 13.4. The van der Waals surface area contributed by atoms with Crippen molar-refractivity contribution in [1.82, 2.24) is 10.4 Å². The molecule has 1 aromatic carbocycles. The average Bonchev–Trinajstić information content (AvgIpc) is 2.51. The van der Waals surface area contributed by atoms with Crippen LogP contribution in [0.25, 0.3) is 10.9 Å². The number of ketones is 1. The summed E-state index contributed by atoms with van der Waals surface area (Å²) in [5.74, 6) is 0.936. The van der Waals surface area contributed by atoms with E-state index in [0.717, 1.165) is 17.3 Å². The fraction of sp³-hybridized carbons (Fsp3) is 0.176. The minimum atomic E-state index is 0.0573. The summed E-state index contributed by atoms with van der Waals surface area (Å²) in [4.78, 5) is 16.4. The zero-order chi connectivity index (χ0) is 14.7. The molecular weight excluding hydrogens is 262 g/mol. The van der Waals surface area contributed by atoms with Gasteiger partial charge in [-0.15, -0.1) is 0 Å². The summed E-state index contributed by atoms with van der Waals surface area (Å²) < 4.78 is 0. The Kier molecular flexibility index (Phi) is 3.69. The number of hydrogen-bond donors (Lipinski definition) is 2. The number of rotatable bonds is 3. The monoisotopic (exact) mass is 279 g/mol. The summed E-state index contributed by atoms with van der Waals surface area (Å²) in [6, 6.07) is 11.8. The zero-order valence-electron chi connectivity index (χ0n) is 11.8. The van der Waals surface area contributed by atoms with Crippen molar-refractivity contribution in [3.05, 3.63) is 60.3 Å². The maximum atomic E-state index is 11.9. The molecule has 1 unspecified atom stereocenters. The van der Waals surface area contributed by atoms with Crippen LogP contribution in [0, 0.1) is 5.92 Å². The highest BCUT2D eigenvalue weighted by atomic mass is 16.1.